The molecule has 142 valence electrons. The lowest BCUT2D eigenvalue weighted by atomic mass is 9.98. The summed E-state index contributed by atoms with van der Waals surface area (Å²) in [4.78, 5) is 43.4. The largest absolute Gasteiger partial charge is 0.341 e. The number of rotatable bonds is 7. The topological polar surface area (TPSA) is 91.9 Å². The maximum Gasteiger partial charge on any atom is 0.264 e. The highest BCUT2D eigenvalue weighted by atomic mass is 16.2. The number of hydrogen-bond acceptors (Lipinski definition) is 4. The average molecular weight is 375 g/mol. The van der Waals surface area contributed by atoms with Gasteiger partial charge in [-0.25, -0.2) is 4.98 Å². The predicted octanol–water partition coefficient (Wildman–Crippen LogP) is 3.27. The molecule has 2 aromatic carbocycles. The zero-order valence-electron chi connectivity index (χ0n) is 15.5. The molecular formula is C22H21N3O3. The lowest BCUT2D eigenvalue weighted by Crippen LogP contribution is -2.34. The molecule has 0 aliphatic heterocycles. The Morgan fingerprint density at radius 3 is 2.07 bits per heavy atom. The fourth-order valence-corrected chi connectivity index (χ4v) is 2.90. The number of aromatic nitrogens is 2. The van der Waals surface area contributed by atoms with Crippen LogP contribution in [-0.2, 0) is 0 Å². The summed E-state index contributed by atoms with van der Waals surface area (Å²) in [5.74, 6) is -0.829. The molecule has 0 spiro atoms. The Hall–Kier alpha value is -3.54. The van der Waals surface area contributed by atoms with Gasteiger partial charge in [0.2, 0.25) is 0 Å². The minimum absolute atomic E-state index is 0.0222. The molecular weight excluding hydrogens is 354 g/mol. The van der Waals surface area contributed by atoms with Gasteiger partial charge in [-0.1, -0.05) is 67.6 Å². The van der Waals surface area contributed by atoms with Gasteiger partial charge in [-0.2, -0.15) is 0 Å². The van der Waals surface area contributed by atoms with Crippen LogP contribution in [0.2, 0.25) is 0 Å². The molecule has 0 saturated heterocycles. The van der Waals surface area contributed by atoms with Crippen molar-refractivity contribution < 1.29 is 9.59 Å². The fraction of sp³-hybridized carbons (Fsp3) is 0.182. The summed E-state index contributed by atoms with van der Waals surface area (Å²) in [6.07, 6.45) is 2.10. The Kier molecular flexibility index (Phi) is 6.11. The number of carbonyl (C=O) groups is 2. The third-order valence-corrected chi connectivity index (χ3v) is 4.33. The van der Waals surface area contributed by atoms with Gasteiger partial charge in [0, 0.05) is 12.6 Å². The van der Waals surface area contributed by atoms with E-state index in [-0.39, 0.29) is 17.2 Å². The summed E-state index contributed by atoms with van der Waals surface area (Å²) < 4.78 is 0. The van der Waals surface area contributed by atoms with Crippen LogP contribution in [0, 0.1) is 0 Å². The molecule has 3 rings (SSSR count). The molecule has 0 aliphatic carbocycles. The number of nitrogens with one attached hydrogen (secondary N) is 2. The lowest BCUT2D eigenvalue weighted by molar-refractivity contribution is 0.0934. The number of nitrogens with zero attached hydrogens (tertiary/aromatic N) is 1. The number of carbonyl (C=O) groups excluding carboxylic acids is 2. The van der Waals surface area contributed by atoms with Gasteiger partial charge in [0.05, 0.1) is 6.04 Å². The highest BCUT2D eigenvalue weighted by Crippen LogP contribution is 2.22. The molecule has 0 aliphatic rings. The van der Waals surface area contributed by atoms with Crippen LogP contribution >= 0.6 is 0 Å². The van der Waals surface area contributed by atoms with Gasteiger partial charge in [0.1, 0.15) is 5.56 Å². The first-order valence-electron chi connectivity index (χ1n) is 9.13. The summed E-state index contributed by atoms with van der Waals surface area (Å²) in [5, 5.41) is 2.90. The van der Waals surface area contributed by atoms with E-state index in [9.17, 15) is 14.4 Å². The molecule has 28 heavy (non-hydrogen) atoms. The van der Waals surface area contributed by atoms with Crippen molar-refractivity contribution in [2.24, 2.45) is 0 Å². The summed E-state index contributed by atoms with van der Waals surface area (Å²) in [5.41, 5.74) is 1.01. The molecule has 6 heteroatoms. The van der Waals surface area contributed by atoms with E-state index in [1.54, 1.807) is 0 Å². The first-order valence-corrected chi connectivity index (χ1v) is 9.13. The number of Topliss-reactive ketones (excluding diaryl/α,β-unsaturated/α-hetero) is 1. The average Bonchev–Trinajstić information content (AvgIpc) is 2.73. The number of aromatic amines is 1. The van der Waals surface area contributed by atoms with Crippen LogP contribution in [-0.4, -0.2) is 21.7 Å². The van der Waals surface area contributed by atoms with Crippen LogP contribution in [0.15, 0.2) is 71.7 Å². The van der Waals surface area contributed by atoms with Crippen LogP contribution in [0.25, 0.3) is 0 Å². The molecule has 0 saturated carbocycles. The van der Waals surface area contributed by atoms with Gasteiger partial charge in [-0.3, -0.25) is 14.4 Å². The summed E-state index contributed by atoms with van der Waals surface area (Å²) in [6.45, 7) is 1.87. The van der Waals surface area contributed by atoms with E-state index in [0.717, 1.165) is 17.3 Å². The molecule has 0 unspecified atom stereocenters. The second-order valence-electron chi connectivity index (χ2n) is 6.38. The van der Waals surface area contributed by atoms with Crippen LogP contribution in [0.5, 0.6) is 0 Å². The third kappa shape index (κ3) is 4.40. The molecule has 0 fully saturated rings. The first-order chi connectivity index (χ1) is 13.6. The molecule has 3 aromatic rings. The minimum atomic E-state index is -0.633. The fourth-order valence-electron chi connectivity index (χ4n) is 2.90. The smallest absolute Gasteiger partial charge is 0.264 e. The summed E-state index contributed by atoms with van der Waals surface area (Å²) in [6, 6.07) is 18.6. The van der Waals surface area contributed by atoms with E-state index in [2.05, 4.69) is 15.3 Å². The van der Waals surface area contributed by atoms with Crippen LogP contribution in [0.1, 0.15) is 57.9 Å². The van der Waals surface area contributed by atoms with Crippen molar-refractivity contribution in [2.45, 2.75) is 25.8 Å². The van der Waals surface area contributed by atoms with E-state index >= 15 is 0 Å². The Bertz CT molecular complexity index is 974. The molecule has 1 aromatic heterocycles. The number of amides is 1. The highest BCUT2D eigenvalue weighted by molar-refractivity contribution is 5.95. The van der Waals surface area contributed by atoms with Crippen molar-refractivity contribution in [3.05, 3.63) is 99.7 Å². The standard InChI is InChI=1S/C22H21N3O3/c1-2-9-18(26)20-23-14-17(22(28)25-20)21(27)24-19(15-10-5-3-6-11-15)16-12-7-4-8-13-16/h3-8,10-14,19H,2,9H2,1H3,(H,24,27)(H,23,25,28). The van der Waals surface area contributed by atoms with E-state index in [1.165, 1.54) is 0 Å². The van der Waals surface area contributed by atoms with Crippen molar-refractivity contribution in [1.82, 2.24) is 15.3 Å². The van der Waals surface area contributed by atoms with Crippen LogP contribution in [0.3, 0.4) is 0 Å². The Morgan fingerprint density at radius 1 is 1.00 bits per heavy atom. The lowest BCUT2D eigenvalue weighted by Gasteiger charge is -2.19. The number of hydrogen-bond donors (Lipinski definition) is 2. The summed E-state index contributed by atoms with van der Waals surface area (Å²) in [7, 11) is 0. The van der Waals surface area contributed by atoms with Gasteiger partial charge in [0.25, 0.3) is 11.5 Å². The van der Waals surface area contributed by atoms with Crippen molar-refractivity contribution in [2.75, 3.05) is 0 Å². The highest BCUT2D eigenvalue weighted by Gasteiger charge is 2.20. The molecule has 2 N–H and O–H groups in total. The van der Waals surface area contributed by atoms with Gasteiger partial charge < -0.3 is 10.3 Å². The van der Waals surface area contributed by atoms with Crippen molar-refractivity contribution in [3.8, 4) is 0 Å². The molecule has 1 amide bonds. The number of benzene rings is 2. The molecule has 1 heterocycles. The van der Waals surface area contributed by atoms with E-state index in [4.69, 9.17) is 0 Å². The van der Waals surface area contributed by atoms with Gasteiger partial charge in [-0.05, 0) is 17.5 Å². The normalized spacial score (nSPS) is 10.6. The van der Waals surface area contributed by atoms with Gasteiger partial charge >= 0.3 is 0 Å². The SMILES string of the molecule is CCCC(=O)c1ncc(C(=O)NC(c2ccccc2)c2ccccc2)c(=O)[nH]1. The first kappa shape index (κ1) is 19.2. The Balaban J connectivity index is 1.89. The monoisotopic (exact) mass is 375 g/mol. The Labute approximate surface area is 162 Å². The predicted molar refractivity (Wildman–Crippen MR) is 106 cm³/mol. The maximum atomic E-state index is 12.8. The van der Waals surface area contributed by atoms with E-state index in [1.807, 2.05) is 67.6 Å². The quantitative estimate of drug-likeness (QED) is 0.620. The zero-order chi connectivity index (χ0) is 19.9. The summed E-state index contributed by atoms with van der Waals surface area (Å²) >= 11 is 0. The zero-order valence-corrected chi connectivity index (χ0v) is 15.5. The Morgan fingerprint density at radius 2 is 1.57 bits per heavy atom. The number of H-pyrrole nitrogens is 1. The second-order valence-corrected chi connectivity index (χ2v) is 6.38. The third-order valence-electron chi connectivity index (χ3n) is 4.33. The van der Waals surface area contributed by atoms with E-state index in [0.29, 0.717) is 12.8 Å². The van der Waals surface area contributed by atoms with Gasteiger partial charge in [-0.15, -0.1) is 0 Å². The number of ketones is 1. The molecule has 0 atom stereocenters. The molecule has 0 radical (unpaired) electrons. The van der Waals surface area contributed by atoms with Crippen molar-refractivity contribution >= 4 is 11.7 Å². The van der Waals surface area contributed by atoms with Gasteiger partial charge in [0.15, 0.2) is 11.6 Å². The second kappa shape index (κ2) is 8.90. The minimum Gasteiger partial charge on any atom is -0.341 e. The van der Waals surface area contributed by atoms with E-state index < -0.39 is 17.5 Å². The molecule has 0 bridgehead atoms. The van der Waals surface area contributed by atoms with Crippen LogP contribution < -0.4 is 10.9 Å². The van der Waals surface area contributed by atoms with Crippen LogP contribution in [0.4, 0.5) is 0 Å². The van der Waals surface area contributed by atoms with Crippen molar-refractivity contribution in [3.63, 3.8) is 0 Å². The molecule has 6 nitrogen and oxygen atoms in total. The van der Waals surface area contributed by atoms with Crippen molar-refractivity contribution in [1.29, 1.82) is 0 Å². The maximum absolute atomic E-state index is 12.8.